The molecule has 4 rings (SSSR count). The predicted octanol–water partition coefficient (Wildman–Crippen LogP) is -0.0561. The summed E-state index contributed by atoms with van der Waals surface area (Å²) >= 11 is 0. The van der Waals surface area contributed by atoms with Crippen LogP contribution in [-0.2, 0) is 29.1 Å². The molecule has 3 amide bonds. The molecule has 0 aliphatic carbocycles. The van der Waals surface area contributed by atoms with E-state index in [1.807, 2.05) is 6.07 Å². The standard InChI is InChI=1S/C18H20N6O4/c19-7-6-15-22-23-18(28-15)20-8-10-2-1-3-11-12(10)9-24(17(11)27)13-4-5-14(25)21-16(13)26/h1-3,13H,4-9,19H2,(H,20,23)(H,21,25,26). The number of rotatable bonds is 6. The smallest absolute Gasteiger partial charge is 0.315 e. The molecule has 1 saturated heterocycles. The van der Waals surface area contributed by atoms with E-state index in [4.69, 9.17) is 10.2 Å². The number of imide groups is 1. The lowest BCUT2D eigenvalue weighted by molar-refractivity contribution is -0.136. The van der Waals surface area contributed by atoms with Gasteiger partial charge in [0.2, 0.25) is 17.7 Å². The molecule has 1 atom stereocenters. The summed E-state index contributed by atoms with van der Waals surface area (Å²) in [5.74, 6) is -0.462. The Morgan fingerprint density at radius 2 is 2.14 bits per heavy atom. The van der Waals surface area contributed by atoms with Crippen molar-refractivity contribution in [3.8, 4) is 0 Å². The van der Waals surface area contributed by atoms with E-state index in [1.54, 1.807) is 12.1 Å². The Bertz CT molecular complexity index is 940. The van der Waals surface area contributed by atoms with Crippen LogP contribution in [0.15, 0.2) is 22.6 Å². The first-order chi connectivity index (χ1) is 13.6. The average Bonchev–Trinajstić information content (AvgIpc) is 3.26. The summed E-state index contributed by atoms with van der Waals surface area (Å²) < 4.78 is 5.45. The quantitative estimate of drug-likeness (QED) is 0.588. The highest BCUT2D eigenvalue weighted by Gasteiger charge is 2.39. The largest absolute Gasteiger partial charge is 0.408 e. The molecule has 28 heavy (non-hydrogen) atoms. The van der Waals surface area contributed by atoms with Crippen LogP contribution < -0.4 is 16.4 Å². The fraction of sp³-hybridized carbons (Fsp3) is 0.389. The second-order valence-electron chi connectivity index (χ2n) is 6.74. The number of hydrogen-bond acceptors (Lipinski definition) is 8. The first-order valence-electron chi connectivity index (χ1n) is 9.08. The van der Waals surface area contributed by atoms with Gasteiger partial charge in [0.1, 0.15) is 6.04 Å². The maximum Gasteiger partial charge on any atom is 0.315 e. The lowest BCUT2D eigenvalue weighted by atomic mass is 10.0. The van der Waals surface area contributed by atoms with Gasteiger partial charge in [0.15, 0.2) is 0 Å². The van der Waals surface area contributed by atoms with E-state index >= 15 is 0 Å². The maximum atomic E-state index is 12.8. The van der Waals surface area contributed by atoms with Crippen LogP contribution in [0.5, 0.6) is 0 Å². The second-order valence-corrected chi connectivity index (χ2v) is 6.74. The van der Waals surface area contributed by atoms with E-state index in [-0.39, 0.29) is 24.2 Å². The van der Waals surface area contributed by atoms with E-state index in [1.165, 1.54) is 4.90 Å². The summed E-state index contributed by atoms with van der Waals surface area (Å²) in [4.78, 5) is 37.9. The van der Waals surface area contributed by atoms with Crippen LogP contribution in [0, 0.1) is 0 Å². The van der Waals surface area contributed by atoms with Crippen molar-refractivity contribution in [1.29, 1.82) is 0 Å². The monoisotopic (exact) mass is 384 g/mol. The third-order valence-electron chi connectivity index (χ3n) is 4.93. The minimum atomic E-state index is -0.631. The minimum absolute atomic E-state index is 0.200. The van der Waals surface area contributed by atoms with Crippen LogP contribution in [0.1, 0.15) is 40.2 Å². The number of carbonyl (C=O) groups excluding carboxylic acids is 3. The van der Waals surface area contributed by atoms with Crippen LogP contribution in [-0.4, -0.2) is 45.4 Å². The van der Waals surface area contributed by atoms with Crippen molar-refractivity contribution < 1.29 is 18.8 Å². The molecule has 0 bridgehead atoms. The Morgan fingerprint density at radius 3 is 2.93 bits per heavy atom. The van der Waals surface area contributed by atoms with E-state index in [2.05, 4.69) is 20.8 Å². The molecule has 3 heterocycles. The lowest BCUT2D eigenvalue weighted by Crippen LogP contribution is -2.52. The second kappa shape index (κ2) is 7.39. The Hall–Kier alpha value is -3.27. The minimum Gasteiger partial charge on any atom is -0.408 e. The van der Waals surface area contributed by atoms with Crippen LogP contribution >= 0.6 is 0 Å². The molecular formula is C18H20N6O4. The van der Waals surface area contributed by atoms with Gasteiger partial charge in [0.05, 0.1) is 0 Å². The fourth-order valence-corrected chi connectivity index (χ4v) is 3.54. The van der Waals surface area contributed by atoms with E-state index in [9.17, 15) is 14.4 Å². The third-order valence-corrected chi connectivity index (χ3v) is 4.93. The number of piperidine rings is 1. The summed E-state index contributed by atoms with van der Waals surface area (Å²) in [6.07, 6.45) is 1.07. The zero-order valence-electron chi connectivity index (χ0n) is 15.1. The van der Waals surface area contributed by atoms with Crippen molar-refractivity contribution in [3.05, 3.63) is 40.8 Å². The zero-order chi connectivity index (χ0) is 19.7. The van der Waals surface area contributed by atoms with Gasteiger partial charge in [-0.3, -0.25) is 19.7 Å². The number of hydrogen-bond donors (Lipinski definition) is 3. The van der Waals surface area contributed by atoms with Crippen LogP contribution in [0.2, 0.25) is 0 Å². The molecule has 146 valence electrons. The number of nitrogens with zero attached hydrogens (tertiary/aromatic N) is 3. The molecule has 0 saturated carbocycles. The summed E-state index contributed by atoms with van der Waals surface area (Å²) in [7, 11) is 0. The number of amides is 3. The van der Waals surface area contributed by atoms with E-state index in [0.29, 0.717) is 43.9 Å². The van der Waals surface area contributed by atoms with Crippen molar-refractivity contribution in [2.24, 2.45) is 5.73 Å². The molecule has 0 radical (unpaired) electrons. The molecule has 1 fully saturated rings. The molecule has 10 heteroatoms. The van der Waals surface area contributed by atoms with Gasteiger partial charge in [-0.05, 0) is 23.6 Å². The van der Waals surface area contributed by atoms with Gasteiger partial charge in [-0.25, -0.2) is 0 Å². The van der Waals surface area contributed by atoms with E-state index in [0.717, 1.165) is 11.1 Å². The predicted molar refractivity (Wildman–Crippen MR) is 96.9 cm³/mol. The van der Waals surface area contributed by atoms with Crippen molar-refractivity contribution in [2.75, 3.05) is 11.9 Å². The van der Waals surface area contributed by atoms with Gasteiger partial charge in [-0.1, -0.05) is 17.2 Å². The highest BCUT2D eigenvalue weighted by Crippen LogP contribution is 2.30. The number of fused-ring (bicyclic) bond motifs is 1. The summed E-state index contributed by atoms with van der Waals surface area (Å²) in [5.41, 5.74) is 7.79. The third kappa shape index (κ3) is 3.33. The Kier molecular flexibility index (Phi) is 4.78. The molecule has 1 aromatic heterocycles. The van der Waals surface area contributed by atoms with Gasteiger partial charge >= 0.3 is 6.01 Å². The molecule has 4 N–H and O–H groups in total. The maximum absolute atomic E-state index is 12.8. The Morgan fingerprint density at radius 1 is 1.29 bits per heavy atom. The Labute approximate surface area is 160 Å². The van der Waals surface area contributed by atoms with E-state index < -0.39 is 11.9 Å². The van der Waals surface area contributed by atoms with Gasteiger partial charge in [0.25, 0.3) is 5.91 Å². The first-order valence-corrected chi connectivity index (χ1v) is 9.08. The molecule has 1 aromatic carbocycles. The molecule has 2 aromatic rings. The van der Waals surface area contributed by atoms with Crippen molar-refractivity contribution in [3.63, 3.8) is 0 Å². The molecule has 1 unspecified atom stereocenters. The summed E-state index contributed by atoms with van der Waals surface area (Å²) in [6, 6.07) is 5.11. The number of anilines is 1. The summed E-state index contributed by atoms with van der Waals surface area (Å²) in [6.45, 7) is 1.14. The SMILES string of the molecule is NCCc1nnc(NCc2cccc3c2CN(C2CCC(=O)NC2=O)C3=O)o1. The Balaban J connectivity index is 1.49. The number of nitrogens with two attached hydrogens (primary N) is 1. The number of benzene rings is 1. The van der Waals surface area contributed by atoms with Crippen molar-refractivity contribution in [2.45, 2.75) is 38.4 Å². The van der Waals surface area contributed by atoms with Gasteiger partial charge in [0, 0.05) is 38.0 Å². The molecule has 10 nitrogen and oxygen atoms in total. The number of aromatic nitrogens is 2. The van der Waals surface area contributed by atoms with Gasteiger partial charge < -0.3 is 20.4 Å². The lowest BCUT2D eigenvalue weighted by Gasteiger charge is -2.29. The molecular weight excluding hydrogens is 364 g/mol. The fourth-order valence-electron chi connectivity index (χ4n) is 3.54. The van der Waals surface area contributed by atoms with Crippen molar-refractivity contribution >= 4 is 23.7 Å². The topological polar surface area (TPSA) is 143 Å². The average molecular weight is 384 g/mol. The first kappa shape index (κ1) is 18.1. The highest BCUT2D eigenvalue weighted by molar-refractivity contribution is 6.05. The number of carbonyl (C=O) groups is 3. The molecule has 0 spiro atoms. The van der Waals surface area contributed by atoms with Gasteiger partial charge in [-0.15, -0.1) is 5.10 Å². The van der Waals surface area contributed by atoms with Crippen molar-refractivity contribution in [1.82, 2.24) is 20.4 Å². The van der Waals surface area contributed by atoms with Crippen LogP contribution in [0.25, 0.3) is 0 Å². The molecule has 2 aliphatic rings. The van der Waals surface area contributed by atoms with Crippen LogP contribution in [0.4, 0.5) is 6.01 Å². The highest BCUT2D eigenvalue weighted by atomic mass is 16.4. The number of nitrogens with one attached hydrogen (secondary N) is 2. The normalized spacial score (nSPS) is 19.0. The van der Waals surface area contributed by atoms with Crippen LogP contribution in [0.3, 0.4) is 0 Å². The van der Waals surface area contributed by atoms with Gasteiger partial charge in [-0.2, -0.15) is 0 Å². The summed E-state index contributed by atoms with van der Waals surface area (Å²) in [5, 5.41) is 13.2. The zero-order valence-corrected chi connectivity index (χ0v) is 15.1. The molecule has 2 aliphatic heterocycles.